The van der Waals surface area contributed by atoms with Gasteiger partial charge in [0.05, 0.1) is 23.9 Å². The number of halogens is 1. The Balaban J connectivity index is 0.00000288. The minimum atomic E-state index is 0. The molecular weight excluding hydrogens is 437 g/mol. The van der Waals surface area contributed by atoms with Crippen LogP contribution in [-0.2, 0) is 11.3 Å². The van der Waals surface area contributed by atoms with Gasteiger partial charge in [-0.1, -0.05) is 0 Å². The van der Waals surface area contributed by atoms with Crippen molar-refractivity contribution in [2.75, 3.05) is 40.4 Å². The molecule has 0 saturated carbocycles. The van der Waals surface area contributed by atoms with Gasteiger partial charge in [0.25, 0.3) is 0 Å². The van der Waals surface area contributed by atoms with Gasteiger partial charge in [0.15, 0.2) is 5.96 Å². The van der Waals surface area contributed by atoms with Crippen molar-refractivity contribution in [1.82, 2.24) is 20.5 Å². The van der Waals surface area contributed by atoms with E-state index < -0.39 is 0 Å². The largest absolute Gasteiger partial charge is 0.383 e. The molecule has 1 aliphatic heterocycles. The van der Waals surface area contributed by atoms with Crippen molar-refractivity contribution in [2.45, 2.75) is 39.3 Å². The molecule has 24 heavy (non-hydrogen) atoms. The third-order valence-corrected chi connectivity index (χ3v) is 5.30. The van der Waals surface area contributed by atoms with Gasteiger partial charge in [-0.15, -0.1) is 35.3 Å². The Labute approximate surface area is 166 Å². The minimum absolute atomic E-state index is 0. The fourth-order valence-electron chi connectivity index (χ4n) is 2.97. The van der Waals surface area contributed by atoms with E-state index in [2.05, 4.69) is 32.4 Å². The zero-order valence-electron chi connectivity index (χ0n) is 15.1. The van der Waals surface area contributed by atoms with Crippen molar-refractivity contribution in [3.63, 3.8) is 0 Å². The van der Waals surface area contributed by atoms with Crippen LogP contribution in [0.15, 0.2) is 4.99 Å². The maximum atomic E-state index is 5.20. The molecular formula is C16H30IN5OS. The van der Waals surface area contributed by atoms with E-state index in [1.165, 1.54) is 24.3 Å². The zero-order chi connectivity index (χ0) is 16.7. The number of ether oxygens (including phenoxy) is 1. The van der Waals surface area contributed by atoms with Crippen LogP contribution in [0.25, 0.3) is 0 Å². The summed E-state index contributed by atoms with van der Waals surface area (Å²) in [5.41, 5.74) is 1.11. The summed E-state index contributed by atoms with van der Waals surface area (Å²) in [6, 6.07) is 0.566. The molecule has 1 fully saturated rings. The van der Waals surface area contributed by atoms with E-state index in [1.807, 2.05) is 14.0 Å². The number of aliphatic imine (C=N–C) groups is 1. The molecule has 0 radical (unpaired) electrons. The monoisotopic (exact) mass is 467 g/mol. The lowest BCUT2D eigenvalue weighted by atomic mass is 10.2. The summed E-state index contributed by atoms with van der Waals surface area (Å²) in [6.45, 7) is 8.77. The standard InChI is InChI=1S/C16H29N5OS.HI/c1-12-15(23-13(2)20-12)11-19-16(17-3)18-10-14-6-5-7-21(14)8-9-22-4;/h14H,5-11H2,1-4H3,(H2,17,18,19);1H. The van der Waals surface area contributed by atoms with E-state index in [0.29, 0.717) is 6.04 Å². The number of guanidine groups is 1. The van der Waals surface area contributed by atoms with Gasteiger partial charge < -0.3 is 15.4 Å². The molecule has 1 unspecified atom stereocenters. The minimum Gasteiger partial charge on any atom is -0.383 e. The van der Waals surface area contributed by atoms with E-state index in [-0.39, 0.29) is 24.0 Å². The van der Waals surface area contributed by atoms with E-state index in [0.717, 1.165) is 42.9 Å². The third kappa shape index (κ3) is 6.45. The average molecular weight is 467 g/mol. The molecule has 1 aliphatic rings. The zero-order valence-corrected chi connectivity index (χ0v) is 18.2. The highest BCUT2D eigenvalue weighted by Crippen LogP contribution is 2.17. The van der Waals surface area contributed by atoms with Crippen LogP contribution in [0.3, 0.4) is 0 Å². The number of rotatable bonds is 7. The molecule has 0 bridgehead atoms. The second kappa shape index (κ2) is 11.2. The van der Waals surface area contributed by atoms with Crippen LogP contribution in [0.2, 0.25) is 0 Å². The van der Waals surface area contributed by atoms with Crippen LogP contribution in [0.4, 0.5) is 0 Å². The van der Waals surface area contributed by atoms with Gasteiger partial charge in [-0.3, -0.25) is 9.89 Å². The van der Waals surface area contributed by atoms with Crippen LogP contribution >= 0.6 is 35.3 Å². The lowest BCUT2D eigenvalue weighted by Gasteiger charge is -2.25. The molecule has 1 saturated heterocycles. The highest BCUT2D eigenvalue weighted by Gasteiger charge is 2.23. The van der Waals surface area contributed by atoms with Gasteiger partial charge in [-0.2, -0.15) is 0 Å². The lowest BCUT2D eigenvalue weighted by Crippen LogP contribution is -2.45. The SMILES string of the molecule is CN=C(NCc1sc(C)nc1C)NCC1CCCN1CCOC.I. The molecule has 1 atom stereocenters. The van der Waals surface area contributed by atoms with Gasteiger partial charge in [-0.05, 0) is 33.2 Å². The molecule has 8 heteroatoms. The molecule has 1 aromatic rings. The molecule has 2 N–H and O–H groups in total. The lowest BCUT2D eigenvalue weighted by molar-refractivity contribution is 0.141. The van der Waals surface area contributed by atoms with Crippen molar-refractivity contribution in [3.8, 4) is 0 Å². The van der Waals surface area contributed by atoms with Crippen molar-refractivity contribution in [3.05, 3.63) is 15.6 Å². The van der Waals surface area contributed by atoms with Gasteiger partial charge in [-0.25, -0.2) is 4.98 Å². The van der Waals surface area contributed by atoms with Gasteiger partial charge in [0.2, 0.25) is 0 Å². The Bertz CT molecular complexity index is 523. The summed E-state index contributed by atoms with van der Waals surface area (Å²) in [5, 5.41) is 7.96. The van der Waals surface area contributed by atoms with Gasteiger partial charge in [0, 0.05) is 38.2 Å². The van der Waals surface area contributed by atoms with Crippen LogP contribution in [0.5, 0.6) is 0 Å². The highest BCUT2D eigenvalue weighted by atomic mass is 127. The smallest absolute Gasteiger partial charge is 0.191 e. The normalized spacial score (nSPS) is 18.5. The molecule has 1 aromatic heterocycles. The molecule has 0 aliphatic carbocycles. The molecule has 6 nitrogen and oxygen atoms in total. The number of aryl methyl sites for hydroxylation is 2. The summed E-state index contributed by atoms with van der Waals surface area (Å²) < 4.78 is 5.20. The number of aromatic nitrogens is 1. The second-order valence-corrected chi connectivity index (χ2v) is 7.16. The summed E-state index contributed by atoms with van der Waals surface area (Å²) >= 11 is 1.74. The second-order valence-electron chi connectivity index (χ2n) is 5.87. The Hall–Kier alpha value is -0.450. The predicted octanol–water partition coefficient (Wildman–Crippen LogP) is 2.15. The van der Waals surface area contributed by atoms with Crippen LogP contribution in [0.1, 0.15) is 28.4 Å². The Morgan fingerprint density at radius 2 is 2.21 bits per heavy atom. The predicted molar refractivity (Wildman–Crippen MR) is 112 cm³/mol. The first-order valence-corrected chi connectivity index (χ1v) is 9.06. The first kappa shape index (κ1) is 21.6. The number of nitrogens with one attached hydrogen (secondary N) is 2. The van der Waals surface area contributed by atoms with Crippen molar-refractivity contribution >= 4 is 41.3 Å². The molecule has 0 spiro atoms. The topological polar surface area (TPSA) is 61.8 Å². The van der Waals surface area contributed by atoms with Gasteiger partial charge >= 0.3 is 0 Å². The first-order valence-electron chi connectivity index (χ1n) is 8.24. The number of hydrogen-bond donors (Lipinski definition) is 2. The number of methoxy groups -OCH3 is 1. The number of thiazole rings is 1. The Morgan fingerprint density at radius 3 is 2.83 bits per heavy atom. The van der Waals surface area contributed by atoms with Crippen LogP contribution < -0.4 is 10.6 Å². The number of hydrogen-bond acceptors (Lipinski definition) is 5. The fraction of sp³-hybridized carbons (Fsp3) is 0.750. The van der Waals surface area contributed by atoms with Crippen molar-refractivity contribution in [1.29, 1.82) is 0 Å². The van der Waals surface area contributed by atoms with E-state index in [4.69, 9.17) is 4.74 Å². The Morgan fingerprint density at radius 1 is 1.42 bits per heavy atom. The quantitative estimate of drug-likeness (QED) is 0.366. The summed E-state index contributed by atoms with van der Waals surface area (Å²) in [7, 11) is 3.58. The first-order chi connectivity index (χ1) is 11.1. The fourth-order valence-corrected chi connectivity index (χ4v) is 3.84. The van der Waals surface area contributed by atoms with Crippen LogP contribution in [-0.4, -0.2) is 62.3 Å². The van der Waals surface area contributed by atoms with E-state index in [9.17, 15) is 0 Å². The maximum absolute atomic E-state index is 5.20. The molecule has 0 amide bonds. The van der Waals surface area contributed by atoms with Gasteiger partial charge in [0.1, 0.15) is 0 Å². The molecule has 2 rings (SSSR count). The van der Waals surface area contributed by atoms with E-state index >= 15 is 0 Å². The average Bonchev–Trinajstić information content (AvgIpc) is 3.11. The summed E-state index contributed by atoms with van der Waals surface area (Å²) in [4.78, 5) is 12.6. The number of likely N-dealkylation sites (tertiary alicyclic amines) is 1. The highest BCUT2D eigenvalue weighted by molar-refractivity contribution is 14.0. The van der Waals surface area contributed by atoms with E-state index in [1.54, 1.807) is 18.4 Å². The molecule has 138 valence electrons. The van der Waals surface area contributed by atoms with Crippen molar-refractivity contribution < 1.29 is 4.74 Å². The summed E-state index contributed by atoms with van der Waals surface area (Å²) in [5.74, 6) is 0.856. The molecule has 2 heterocycles. The van der Waals surface area contributed by atoms with Crippen LogP contribution in [0, 0.1) is 13.8 Å². The molecule has 0 aromatic carbocycles. The van der Waals surface area contributed by atoms with Crippen molar-refractivity contribution in [2.24, 2.45) is 4.99 Å². The Kier molecular flexibility index (Phi) is 10.1. The summed E-state index contributed by atoms with van der Waals surface area (Å²) in [6.07, 6.45) is 2.50. The third-order valence-electron chi connectivity index (χ3n) is 4.23. The number of nitrogens with zero attached hydrogens (tertiary/aromatic N) is 3. The maximum Gasteiger partial charge on any atom is 0.191 e.